The van der Waals surface area contributed by atoms with Crippen LogP contribution in [0.2, 0.25) is 0 Å². The van der Waals surface area contributed by atoms with Crippen LogP contribution in [-0.2, 0) is 4.74 Å². The Morgan fingerprint density at radius 3 is 2.93 bits per heavy atom. The maximum Gasteiger partial charge on any atom is 0.219 e. The number of nitrogens with zero attached hydrogens (tertiary/aromatic N) is 2. The van der Waals surface area contributed by atoms with Gasteiger partial charge in [-0.1, -0.05) is 6.92 Å². The van der Waals surface area contributed by atoms with Crippen LogP contribution in [0.5, 0.6) is 5.88 Å². The number of hydrogen-bond acceptors (Lipinski definition) is 4. The molecule has 4 nitrogen and oxygen atoms in total. The summed E-state index contributed by atoms with van der Waals surface area (Å²) in [7, 11) is 0. The largest absolute Gasteiger partial charge is 0.477 e. The SMILES string of the molecule is CC1(COc2cc(F)ncn2)COC1. The van der Waals surface area contributed by atoms with E-state index in [1.165, 1.54) is 6.07 Å². The van der Waals surface area contributed by atoms with Gasteiger partial charge in [0.05, 0.1) is 25.9 Å². The maximum atomic E-state index is 12.6. The van der Waals surface area contributed by atoms with Gasteiger partial charge in [-0.05, 0) is 0 Å². The van der Waals surface area contributed by atoms with Gasteiger partial charge < -0.3 is 9.47 Å². The molecule has 0 spiro atoms. The highest BCUT2D eigenvalue weighted by atomic mass is 19.1. The van der Waals surface area contributed by atoms with Crippen molar-refractivity contribution in [2.24, 2.45) is 5.41 Å². The molecule has 0 amide bonds. The van der Waals surface area contributed by atoms with Crippen molar-refractivity contribution >= 4 is 0 Å². The van der Waals surface area contributed by atoms with Gasteiger partial charge >= 0.3 is 0 Å². The Morgan fingerprint density at radius 2 is 2.36 bits per heavy atom. The molecule has 76 valence electrons. The highest BCUT2D eigenvalue weighted by Gasteiger charge is 2.34. The lowest BCUT2D eigenvalue weighted by molar-refractivity contribution is -0.120. The summed E-state index contributed by atoms with van der Waals surface area (Å²) >= 11 is 0. The Bertz CT molecular complexity index is 328. The van der Waals surface area contributed by atoms with Crippen molar-refractivity contribution < 1.29 is 13.9 Å². The van der Waals surface area contributed by atoms with E-state index in [0.29, 0.717) is 19.8 Å². The Balaban J connectivity index is 1.91. The van der Waals surface area contributed by atoms with Crippen molar-refractivity contribution in [3.8, 4) is 5.88 Å². The van der Waals surface area contributed by atoms with E-state index in [1.807, 2.05) is 6.92 Å². The van der Waals surface area contributed by atoms with E-state index >= 15 is 0 Å². The lowest BCUT2D eigenvalue weighted by Gasteiger charge is -2.37. The first-order valence-electron chi connectivity index (χ1n) is 4.36. The number of rotatable bonds is 3. The van der Waals surface area contributed by atoms with Crippen molar-refractivity contribution in [1.29, 1.82) is 0 Å². The highest BCUT2D eigenvalue weighted by Crippen LogP contribution is 2.26. The van der Waals surface area contributed by atoms with Gasteiger partial charge in [-0.2, -0.15) is 4.39 Å². The Morgan fingerprint density at radius 1 is 1.57 bits per heavy atom. The van der Waals surface area contributed by atoms with Gasteiger partial charge in [0.2, 0.25) is 11.8 Å². The van der Waals surface area contributed by atoms with E-state index in [4.69, 9.17) is 9.47 Å². The third-order valence-electron chi connectivity index (χ3n) is 2.08. The van der Waals surface area contributed by atoms with Crippen LogP contribution in [0.25, 0.3) is 0 Å². The molecule has 14 heavy (non-hydrogen) atoms. The number of hydrogen-bond donors (Lipinski definition) is 0. The van der Waals surface area contributed by atoms with Gasteiger partial charge in [0.15, 0.2) is 0 Å². The van der Waals surface area contributed by atoms with E-state index in [-0.39, 0.29) is 11.3 Å². The van der Waals surface area contributed by atoms with Crippen LogP contribution < -0.4 is 4.74 Å². The molecule has 0 aromatic carbocycles. The summed E-state index contributed by atoms with van der Waals surface area (Å²) in [6, 6.07) is 1.17. The summed E-state index contributed by atoms with van der Waals surface area (Å²) in [6.45, 7) is 3.90. The summed E-state index contributed by atoms with van der Waals surface area (Å²) in [6.07, 6.45) is 1.14. The fraction of sp³-hybridized carbons (Fsp3) is 0.556. The van der Waals surface area contributed by atoms with E-state index in [9.17, 15) is 4.39 Å². The maximum absolute atomic E-state index is 12.6. The third kappa shape index (κ3) is 1.98. The second kappa shape index (κ2) is 3.49. The van der Waals surface area contributed by atoms with Gasteiger partial charge in [0, 0.05) is 5.41 Å². The molecule has 1 aromatic rings. The first kappa shape index (κ1) is 9.33. The second-order valence-corrected chi connectivity index (χ2v) is 3.77. The van der Waals surface area contributed by atoms with Crippen molar-refractivity contribution in [3.63, 3.8) is 0 Å². The average molecular weight is 198 g/mol. The van der Waals surface area contributed by atoms with Crippen LogP contribution in [0.3, 0.4) is 0 Å². The Hall–Kier alpha value is -1.23. The zero-order valence-corrected chi connectivity index (χ0v) is 7.86. The van der Waals surface area contributed by atoms with Gasteiger partial charge in [0.25, 0.3) is 0 Å². The predicted octanol–water partition coefficient (Wildman–Crippen LogP) is 1.03. The quantitative estimate of drug-likeness (QED) is 0.680. The van der Waals surface area contributed by atoms with Gasteiger partial charge in [-0.25, -0.2) is 9.97 Å². The molecule has 0 radical (unpaired) electrons. The zero-order chi connectivity index (χ0) is 10.0. The standard InChI is InChI=1S/C9H11FN2O2/c1-9(3-13-4-9)5-14-8-2-7(10)11-6-12-8/h2,6H,3-5H2,1H3. The number of aromatic nitrogens is 2. The molecule has 2 heterocycles. The van der Waals surface area contributed by atoms with Gasteiger partial charge in [0.1, 0.15) is 6.33 Å². The monoisotopic (exact) mass is 198 g/mol. The van der Waals surface area contributed by atoms with E-state index < -0.39 is 5.95 Å². The molecule has 0 unspecified atom stereocenters. The molecule has 1 saturated heterocycles. The molecule has 2 rings (SSSR count). The van der Waals surface area contributed by atoms with Crippen LogP contribution in [0, 0.1) is 11.4 Å². The zero-order valence-electron chi connectivity index (χ0n) is 7.86. The normalized spacial score (nSPS) is 18.7. The van der Waals surface area contributed by atoms with Crippen molar-refractivity contribution in [2.45, 2.75) is 6.92 Å². The molecule has 0 bridgehead atoms. The first-order chi connectivity index (χ1) is 6.68. The molecule has 0 aliphatic carbocycles. The summed E-state index contributed by atoms with van der Waals surface area (Å²) < 4.78 is 23.0. The van der Waals surface area contributed by atoms with Crippen molar-refractivity contribution in [1.82, 2.24) is 9.97 Å². The molecule has 0 atom stereocenters. The molecule has 5 heteroatoms. The Kier molecular flexibility index (Phi) is 2.33. The fourth-order valence-electron chi connectivity index (χ4n) is 1.18. The van der Waals surface area contributed by atoms with Crippen LogP contribution in [0.4, 0.5) is 4.39 Å². The van der Waals surface area contributed by atoms with Crippen molar-refractivity contribution in [2.75, 3.05) is 19.8 Å². The number of halogens is 1. The van der Waals surface area contributed by atoms with Gasteiger partial charge in [-0.15, -0.1) is 0 Å². The second-order valence-electron chi connectivity index (χ2n) is 3.77. The first-order valence-corrected chi connectivity index (χ1v) is 4.36. The molecular formula is C9H11FN2O2. The van der Waals surface area contributed by atoms with E-state index in [0.717, 1.165) is 6.33 Å². The molecule has 0 N–H and O–H groups in total. The van der Waals surface area contributed by atoms with Crippen LogP contribution in [-0.4, -0.2) is 29.8 Å². The fourth-order valence-corrected chi connectivity index (χ4v) is 1.18. The van der Waals surface area contributed by atoms with E-state index in [2.05, 4.69) is 9.97 Å². The topological polar surface area (TPSA) is 44.2 Å². The summed E-state index contributed by atoms with van der Waals surface area (Å²) in [5.41, 5.74) is 0.0431. The van der Waals surface area contributed by atoms with E-state index in [1.54, 1.807) is 0 Å². The molecule has 1 aliphatic heterocycles. The average Bonchev–Trinajstić information content (AvgIpc) is 2.12. The Labute approximate surface area is 81.1 Å². The summed E-state index contributed by atoms with van der Waals surface area (Å²) in [5.74, 6) is -0.310. The van der Waals surface area contributed by atoms with Crippen LogP contribution in [0.1, 0.15) is 6.92 Å². The van der Waals surface area contributed by atoms with Crippen LogP contribution >= 0.6 is 0 Å². The molecule has 1 aliphatic rings. The van der Waals surface area contributed by atoms with Crippen molar-refractivity contribution in [3.05, 3.63) is 18.3 Å². The lowest BCUT2D eigenvalue weighted by atomic mass is 9.90. The summed E-state index contributed by atoms with van der Waals surface area (Å²) in [5, 5.41) is 0. The summed E-state index contributed by atoms with van der Waals surface area (Å²) in [4.78, 5) is 7.12. The minimum atomic E-state index is -0.579. The minimum absolute atomic E-state index is 0.0431. The minimum Gasteiger partial charge on any atom is -0.477 e. The van der Waals surface area contributed by atoms with Gasteiger partial charge in [-0.3, -0.25) is 0 Å². The highest BCUT2D eigenvalue weighted by molar-refractivity contribution is 5.06. The van der Waals surface area contributed by atoms with Crippen LogP contribution in [0.15, 0.2) is 12.4 Å². The molecule has 1 aromatic heterocycles. The molecule has 1 fully saturated rings. The number of ether oxygens (including phenoxy) is 2. The smallest absolute Gasteiger partial charge is 0.219 e. The molecular weight excluding hydrogens is 187 g/mol. The third-order valence-corrected chi connectivity index (χ3v) is 2.08. The molecule has 0 saturated carbocycles. The predicted molar refractivity (Wildman–Crippen MR) is 46.4 cm³/mol. The lowest BCUT2D eigenvalue weighted by Crippen LogP contribution is -2.44.